The first kappa shape index (κ1) is 11.8. The Morgan fingerprint density at radius 1 is 1.05 bits per heavy atom. The van der Waals surface area contributed by atoms with Crippen LogP contribution in [0.4, 0.5) is 0 Å². The van der Waals surface area contributed by atoms with Crippen LogP contribution in [0.5, 0.6) is 0 Å². The molecule has 0 radical (unpaired) electrons. The summed E-state index contributed by atoms with van der Waals surface area (Å²) in [7, 11) is 0. The summed E-state index contributed by atoms with van der Waals surface area (Å²) in [6.07, 6.45) is 3.42. The van der Waals surface area contributed by atoms with Crippen LogP contribution in [0.3, 0.4) is 0 Å². The molecule has 0 saturated carbocycles. The zero-order valence-electron chi connectivity index (χ0n) is 11.2. The van der Waals surface area contributed by atoms with E-state index in [1.54, 1.807) is 17.3 Å². The van der Waals surface area contributed by atoms with Crippen LogP contribution in [0.1, 0.15) is 5.56 Å². The van der Waals surface area contributed by atoms with Gasteiger partial charge in [0.2, 0.25) is 0 Å². The quantitative estimate of drug-likeness (QED) is 0.577. The molecule has 0 spiro atoms. The van der Waals surface area contributed by atoms with Gasteiger partial charge in [-0.3, -0.25) is 0 Å². The second-order valence-electron chi connectivity index (χ2n) is 4.85. The van der Waals surface area contributed by atoms with Crippen molar-refractivity contribution in [3.63, 3.8) is 0 Å². The summed E-state index contributed by atoms with van der Waals surface area (Å²) in [6, 6.07) is 16.4. The van der Waals surface area contributed by atoms with Crippen LogP contribution >= 0.6 is 0 Å². The molecule has 5 heteroatoms. The fourth-order valence-corrected chi connectivity index (χ4v) is 2.46. The van der Waals surface area contributed by atoms with E-state index >= 15 is 0 Å². The van der Waals surface area contributed by atoms with Crippen LogP contribution in [0.2, 0.25) is 0 Å². The highest BCUT2D eigenvalue weighted by molar-refractivity contribution is 5.94. The van der Waals surface area contributed by atoms with Crippen molar-refractivity contribution in [1.82, 2.24) is 20.2 Å². The number of furan rings is 1. The van der Waals surface area contributed by atoms with E-state index in [1.807, 2.05) is 30.3 Å². The molecule has 4 aromatic rings. The molecule has 0 aliphatic carbocycles. The molecule has 0 saturated heterocycles. The van der Waals surface area contributed by atoms with Crippen molar-refractivity contribution in [1.29, 1.82) is 0 Å². The highest BCUT2D eigenvalue weighted by Crippen LogP contribution is 2.31. The highest BCUT2D eigenvalue weighted by Gasteiger charge is 2.09. The standard InChI is InChI=1S/C16H12N4O/c1-2-4-13(5-3-1)15-10-21-16-7-6-12(8-14(15)16)9-20-11-17-18-19-20/h1-8,10-11H,9H2. The van der Waals surface area contributed by atoms with Crippen LogP contribution in [0.15, 0.2) is 65.5 Å². The normalized spacial score (nSPS) is 11.0. The zero-order valence-corrected chi connectivity index (χ0v) is 11.2. The van der Waals surface area contributed by atoms with Crippen LogP contribution in [-0.2, 0) is 6.54 Å². The first-order valence-electron chi connectivity index (χ1n) is 6.66. The van der Waals surface area contributed by atoms with Crippen molar-refractivity contribution in [2.45, 2.75) is 6.54 Å². The highest BCUT2D eigenvalue weighted by atomic mass is 16.3. The van der Waals surface area contributed by atoms with Gasteiger partial charge in [0.25, 0.3) is 0 Å². The van der Waals surface area contributed by atoms with Gasteiger partial charge in [0.15, 0.2) is 0 Å². The van der Waals surface area contributed by atoms with Crippen molar-refractivity contribution >= 4 is 11.0 Å². The molecule has 0 amide bonds. The lowest BCUT2D eigenvalue weighted by molar-refractivity contribution is 0.616. The lowest BCUT2D eigenvalue weighted by Gasteiger charge is -2.02. The molecule has 0 bridgehead atoms. The van der Waals surface area contributed by atoms with Gasteiger partial charge in [0.05, 0.1) is 12.8 Å². The Bertz CT molecular complexity index is 866. The topological polar surface area (TPSA) is 56.7 Å². The fourth-order valence-electron chi connectivity index (χ4n) is 2.46. The van der Waals surface area contributed by atoms with Crippen molar-refractivity contribution in [2.24, 2.45) is 0 Å². The van der Waals surface area contributed by atoms with Gasteiger partial charge in [0, 0.05) is 10.9 Å². The molecule has 5 nitrogen and oxygen atoms in total. The van der Waals surface area contributed by atoms with Crippen molar-refractivity contribution in [2.75, 3.05) is 0 Å². The largest absolute Gasteiger partial charge is 0.464 e. The number of nitrogens with zero attached hydrogens (tertiary/aromatic N) is 4. The van der Waals surface area contributed by atoms with Gasteiger partial charge < -0.3 is 4.42 Å². The Morgan fingerprint density at radius 3 is 2.76 bits per heavy atom. The van der Waals surface area contributed by atoms with Crippen molar-refractivity contribution < 1.29 is 4.42 Å². The van der Waals surface area contributed by atoms with Crippen LogP contribution in [-0.4, -0.2) is 20.2 Å². The molecule has 0 atom stereocenters. The third-order valence-corrected chi connectivity index (χ3v) is 3.46. The predicted molar refractivity (Wildman–Crippen MR) is 78.6 cm³/mol. The average molecular weight is 276 g/mol. The molecule has 2 heterocycles. The Morgan fingerprint density at radius 2 is 1.95 bits per heavy atom. The zero-order chi connectivity index (χ0) is 14.1. The Labute approximate surface area is 120 Å². The molecular formula is C16H12N4O. The maximum atomic E-state index is 5.65. The van der Waals surface area contributed by atoms with Gasteiger partial charge in [0.1, 0.15) is 11.9 Å². The van der Waals surface area contributed by atoms with Crippen molar-refractivity contribution in [3.05, 3.63) is 66.7 Å². The molecule has 4 rings (SSSR count). The Hall–Kier alpha value is -2.95. The van der Waals surface area contributed by atoms with E-state index in [4.69, 9.17) is 4.42 Å². The summed E-state index contributed by atoms with van der Waals surface area (Å²) in [4.78, 5) is 0. The maximum absolute atomic E-state index is 5.65. The summed E-state index contributed by atoms with van der Waals surface area (Å²) < 4.78 is 7.34. The number of hydrogen-bond acceptors (Lipinski definition) is 4. The van der Waals surface area contributed by atoms with E-state index in [9.17, 15) is 0 Å². The molecule has 0 N–H and O–H groups in total. The third-order valence-electron chi connectivity index (χ3n) is 3.46. The number of hydrogen-bond donors (Lipinski definition) is 0. The molecule has 2 aromatic carbocycles. The minimum Gasteiger partial charge on any atom is -0.464 e. The lowest BCUT2D eigenvalue weighted by atomic mass is 10.0. The average Bonchev–Trinajstić information content (AvgIpc) is 3.17. The van der Waals surface area contributed by atoms with Gasteiger partial charge in [-0.05, 0) is 33.7 Å². The molecule has 102 valence electrons. The van der Waals surface area contributed by atoms with Gasteiger partial charge in [-0.25, -0.2) is 4.68 Å². The second kappa shape index (κ2) is 4.86. The van der Waals surface area contributed by atoms with Crippen LogP contribution in [0, 0.1) is 0 Å². The van der Waals surface area contributed by atoms with Crippen LogP contribution < -0.4 is 0 Å². The molecule has 0 aliphatic heterocycles. The Kier molecular flexibility index (Phi) is 2.74. The van der Waals surface area contributed by atoms with Crippen molar-refractivity contribution in [3.8, 4) is 11.1 Å². The van der Waals surface area contributed by atoms with Gasteiger partial charge in [-0.1, -0.05) is 36.4 Å². The first-order valence-corrected chi connectivity index (χ1v) is 6.66. The minimum atomic E-state index is 0.641. The molecular weight excluding hydrogens is 264 g/mol. The first-order chi connectivity index (χ1) is 10.4. The SMILES string of the molecule is c1ccc(-c2coc3ccc(Cn4cnnn4)cc23)cc1. The molecule has 2 aromatic heterocycles. The van der Waals surface area contributed by atoms with E-state index in [1.165, 1.54) is 0 Å². The summed E-state index contributed by atoms with van der Waals surface area (Å²) >= 11 is 0. The summed E-state index contributed by atoms with van der Waals surface area (Å²) in [5, 5.41) is 12.3. The summed E-state index contributed by atoms with van der Waals surface area (Å²) in [6.45, 7) is 0.641. The van der Waals surface area contributed by atoms with Gasteiger partial charge in [-0.2, -0.15) is 0 Å². The molecule has 0 unspecified atom stereocenters. The smallest absolute Gasteiger partial charge is 0.138 e. The predicted octanol–water partition coefficient (Wildman–Crippen LogP) is 3.13. The third kappa shape index (κ3) is 2.18. The number of rotatable bonds is 3. The molecule has 0 aliphatic rings. The van der Waals surface area contributed by atoms with Gasteiger partial charge >= 0.3 is 0 Å². The van der Waals surface area contributed by atoms with E-state index < -0.39 is 0 Å². The lowest BCUT2D eigenvalue weighted by Crippen LogP contribution is -2.00. The van der Waals surface area contributed by atoms with Gasteiger partial charge in [-0.15, -0.1) is 5.10 Å². The monoisotopic (exact) mass is 276 g/mol. The van der Waals surface area contributed by atoms with Crippen LogP contribution in [0.25, 0.3) is 22.1 Å². The number of tetrazole rings is 1. The molecule has 21 heavy (non-hydrogen) atoms. The maximum Gasteiger partial charge on any atom is 0.138 e. The Balaban J connectivity index is 1.79. The number of fused-ring (bicyclic) bond motifs is 1. The van der Waals surface area contributed by atoms with E-state index in [-0.39, 0.29) is 0 Å². The summed E-state index contributed by atoms with van der Waals surface area (Å²) in [5.74, 6) is 0. The van der Waals surface area contributed by atoms with E-state index in [2.05, 4.69) is 33.7 Å². The van der Waals surface area contributed by atoms with E-state index in [0.717, 1.165) is 27.7 Å². The second-order valence-corrected chi connectivity index (χ2v) is 4.85. The number of aromatic nitrogens is 4. The van der Waals surface area contributed by atoms with E-state index in [0.29, 0.717) is 6.54 Å². The molecule has 0 fully saturated rings. The minimum absolute atomic E-state index is 0.641. The number of benzene rings is 2. The summed E-state index contributed by atoms with van der Waals surface area (Å²) in [5.41, 5.74) is 4.27. The fraction of sp³-hybridized carbons (Fsp3) is 0.0625.